The van der Waals surface area contributed by atoms with Crippen LogP contribution in [0.2, 0.25) is 0 Å². The zero-order valence-corrected chi connectivity index (χ0v) is 24.2. The van der Waals surface area contributed by atoms with Gasteiger partial charge in [0.05, 0.1) is 23.8 Å². The van der Waals surface area contributed by atoms with Crippen LogP contribution < -0.4 is 5.32 Å². The number of carbonyl (C=O) groups is 1. The molecule has 1 N–H and O–H groups in total. The number of hydrogen-bond donors (Lipinski definition) is 1. The van der Waals surface area contributed by atoms with Gasteiger partial charge < -0.3 is 9.88 Å². The zero-order valence-electron chi connectivity index (χ0n) is 24.2. The van der Waals surface area contributed by atoms with Crippen molar-refractivity contribution in [2.24, 2.45) is 7.05 Å². The third-order valence-electron chi connectivity index (χ3n) is 7.79. The van der Waals surface area contributed by atoms with Gasteiger partial charge in [-0.05, 0) is 74.8 Å². The molecule has 0 radical (unpaired) electrons. The molecule has 212 valence electrons. The SMILES string of the molecule is Cc1ncnc(C)c1C.Cn1cncc1CN(CCc1cccc(CNC=O)c1)C1CCCCc2cccnc21.[HH]. The van der Waals surface area contributed by atoms with Crippen LogP contribution in [0.3, 0.4) is 0 Å². The van der Waals surface area contributed by atoms with Crippen molar-refractivity contribution >= 4 is 6.41 Å². The first-order valence-electron chi connectivity index (χ1n) is 14.1. The van der Waals surface area contributed by atoms with Crippen molar-refractivity contribution in [2.45, 2.75) is 72.0 Å². The predicted octanol–water partition coefficient (Wildman–Crippen LogP) is 5.22. The molecule has 8 nitrogen and oxygen atoms in total. The standard InChI is InChI=1S/C25H31N5O.C7H10N2.H2/c1-29-18-26-16-23(29)17-30(13-11-20-6-4-7-21(14-20)15-27-19-31)24-10-3-2-8-22-9-5-12-28-25(22)24;1-5-6(2)8-4-9-7(5)3;/h4-7,9,12,14,16,18-19,24H,2-3,8,10-11,13,15,17H2,1H3,(H,27,31);4H,1-3H3;1H. The Morgan fingerprint density at radius 3 is 2.60 bits per heavy atom. The number of nitrogens with zero attached hydrogens (tertiary/aromatic N) is 6. The minimum atomic E-state index is 0. The van der Waals surface area contributed by atoms with Crippen molar-refractivity contribution in [1.82, 2.24) is 34.7 Å². The number of imidazole rings is 1. The largest absolute Gasteiger partial charge is 0.355 e. The molecule has 8 heteroatoms. The molecule has 0 bridgehead atoms. The van der Waals surface area contributed by atoms with Gasteiger partial charge in [0, 0.05) is 51.9 Å². The van der Waals surface area contributed by atoms with Crippen LogP contribution in [-0.2, 0) is 37.8 Å². The van der Waals surface area contributed by atoms with Gasteiger partial charge in [0.15, 0.2) is 0 Å². The topological polar surface area (TPSA) is 88.8 Å². The van der Waals surface area contributed by atoms with Gasteiger partial charge in [0.2, 0.25) is 6.41 Å². The first-order chi connectivity index (χ1) is 19.5. The molecule has 1 unspecified atom stereocenters. The van der Waals surface area contributed by atoms with Crippen molar-refractivity contribution in [3.8, 4) is 0 Å². The number of pyridine rings is 1. The summed E-state index contributed by atoms with van der Waals surface area (Å²) in [7, 11) is 2.06. The number of amides is 1. The van der Waals surface area contributed by atoms with Crippen LogP contribution >= 0.6 is 0 Å². The Morgan fingerprint density at radius 2 is 1.88 bits per heavy atom. The molecule has 0 saturated carbocycles. The molecule has 5 rings (SSSR count). The molecular weight excluding hydrogens is 498 g/mol. The van der Waals surface area contributed by atoms with Gasteiger partial charge in [-0.2, -0.15) is 0 Å². The molecule has 1 aliphatic carbocycles. The maximum absolute atomic E-state index is 10.6. The Morgan fingerprint density at radius 1 is 1.07 bits per heavy atom. The average Bonchev–Trinajstić information content (AvgIpc) is 3.25. The van der Waals surface area contributed by atoms with Crippen LogP contribution in [0.15, 0.2) is 61.4 Å². The van der Waals surface area contributed by atoms with E-state index in [9.17, 15) is 4.79 Å². The van der Waals surface area contributed by atoms with Gasteiger partial charge in [0.1, 0.15) is 6.33 Å². The molecule has 3 aromatic heterocycles. The third kappa shape index (κ3) is 7.82. The lowest BCUT2D eigenvalue weighted by Gasteiger charge is -2.31. The molecule has 0 spiro atoms. The van der Waals surface area contributed by atoms with Gasteiger partial charge in [-0.15, -0.1) is 0 Å². The Bertz CT molecular complexity index is 1370. The molecular formula is C32H43N7O. The number of fused-ring (bicyclic) bond motifs is 1. The summed E-state index contributed by atoms with van der Waals surface area (Å²) in [5, 5.41) is 2.75. The summed E-state index contributed by atoms with van der Waals surface area (Å²) in [5.74, 6) is 0. The van der Waals surface area contributed by atoms with E-state index >= 15 is 0 Å². The van der Waals surface area contributed by atoms with Gasteiger partial charge in [-0.25, -0.2) is 15.0 Å². The molecule has 0 saturated heterocycles. The van der Waals surface area contributed by atoms with E-state index in [2.05, 4.69) is 73.2 Å². The van der Waals surface area contributed by atoms with E-state index in [0.717, 1.165) is 55.7 Å². The first kappa shape index (κ1) is 29.1. The number of nitrogens with one attached hydrogen (secondary N) is 1. The molecule has 0 aliphatic heterocycles. The minimum absolute atomic E-state index is 0. The van der Waals surface area contributed by atoms with Crippen LogP contribution in [0, 0.1) is 20.8 Å². The van der Waals surface area contributed by atoms with Crippen molar-refractivity contribution in [1.29, 1.82) is 0 Å². The van der Waals surface area contributed by atoms with Crippen molar-refractivity contribution < 1.29 is 6.22 Å². The van der Waals surface area contributed by atoms with Crippen LogP contribution in [0.4, 0.5) is 0 Å². The molecule has 3 heterocycles. The highest BCUT2D eigenvalue weighted by atomic mass is 16.1. The number of benzene rings is 1. The van der Waals surface area contributed by atoms with E-state index in [-0.39, 0.29) is 1.43 Å². The normalized spacial score (nSPS) is 14.6. The summed E-state index contributed by atoms with van der Waals surface area (Å²) < 4.78 is 2.11. The minimum Gasteiger partial charge on any atom is -0.355 e. The van der Waals surface area contributed by atoms with E-state index in [4.69, 9.17) is 4.98 Å². The van der Waals surface area contributed by atoms with Crippen LogP contribution in [-0.4, -0.2) is 42.4 Å². The molecule has 1 atom stereocenters. The summed E-state index contributed by atoms with van der Waals surface area (Å²) in [4.78, 5) is 30.4. The Labute approximate surface area is 239 Å². The fourth-order valence-electron chi connectivity index (χ4n) is 5.18. The van der Waals surface area contributed by atoms with E-state index in [1.54, 1.807) is 6.33 Å². The van der Waals surface area contributed by atoms with E-state index in [0.29, 0.717) is 12.6 Å². The van der Waals surface area contributed by atoms with Crippen molar-refractivity contribution in [2.75, 3.05) is 6.54 Å². The summed E-state index contributed by atoms with van der Waals surface area (Å²) in [6, 6.07) is 13.1. The monoisotopic (exact) mass is 541 g/mol. The number of aromatic nitrogens is 5. The number of hydrogen-bond acceptors (Lipinski definition) is 6. The summed E-state index contributed by atoms with van der Waals surface area (Å²) in [6.07, 6.45) is 13.8. The highest BCUT2D eigenvalue weighted by Gasteiger charge is 2.26. The van der Waals surface area contributed by atoms with Crippen LogP contribution in [0.25, 0.3) is 0 Å². The second-order valence-electron chi connectivity index (χ2n) is 10.5. The van der Waals surface area contributed by atoms with Gasteiger partial charge in [-0.1, -0.05) is 36.8 Å². The van der Waals surface area contributed by atoms with E-state index in [1.165, 1.54) is 40.9 Å². The number of carbonyl (C=O) groups excluding carboxylic acids is 1. The Kier molecular flexibility index (Phi) is 10.5. The van der Waals surface area contributed by atoms with Gasteiger partial charge in [-0.3, -0.25) is 14.7 Å². The Hall–Kier alpha value is -3.91. The molecule has 40 heavy (non-hydrogen) atoms. The maximum Gasteiger partial charge on any atom is 0.207 e. The Balaban J connectivity index is 0.000000396. The predicted molar refractivity (Wildman–Crippen MR) is 160 cm³/mol. The van der Waals surface area contributed by atoms with E-state index in [1.807, 2.05) is 39.5 Å². The van der Waals surface area contributed by atoms with Crippen LogP contribution in [0.1, 0.15) is 71.8 Å². The van der Waals surface area contributed by atoms with Crippen LogP contribution in [0.5, 0.6) is 0 Å². The smallest absolute Gasteiger partial charge is 0.207 e. The summed E-state index contributed by atoms with van der Waals surface area (Å²) >= 11 is 0. The zero-order chi connectivity index (χ0) is 28.3. The summed E-state index contributed by atoms with van der Waals surface area (Å²) in [5.41, 5.74) is 9.60. The maximum atomic E-state index is 10.6. The highest BCUT2D eigenvalue weighted by molar-refractivity contribution is 5.46. The highest BCUT2D eigenvalue weighted by Crippen LogP contribution is 2.33. The van der Waals surface area contributed by atoms with Gasteiger partial charge >= 0.3 is 0 Å². The molecule has 0 fully saturated rings. The molecule has 1 amide bonds. The second kappa shape index (κ2) is 14.5. The molecule has 1 aromatic carbocycles. The number of aryl methyl sites for hydroxylation is 4. The lowest BCUT2D eigenvalue weighted by atomic mass is 10.0. The number of rotatable bonds is 9. The van der Waals surface area contributed by atoms with Gasteiger partial charge in [0.25, 0.3) is 0 Å². The fraction of sp³-hybridized carbons (Fsp3) is 0.406. The third-order valence-corrected chi connectivity index (χ3v) is 7.79. The van der Waals surface area contributed by atoms with Crippen molar-refractivity contribution in [3.63, 3.8) is 0 Å². The van der Waals surface area contributed by atoms with E-state index < -0.39 is 0 Å². The first-order valence-corrected chi connectivity index (χ1v) is 14.1. The molecule has 1 aliphatic rings. The average molecular weight is 542 g/mol. The molecule has 4 aromatic rings. The van der Waals surface area contributed by atoms with Crippen molar-refractivity contribution in [3.05, 3.63) is 106 Å². The lowest BCUT2D eigenvalue weighted by molar-refractivity contribution is -0.109. The second-order valence-corrected chi connectivity index (χ2v) is 10.5. The quantitative estimate of drug-likeness (QED) is 0.231. The lowest BCUT2D eigenvalue weighted by Crippen LogP contribution is -2.32. The fourth-order valence-corrected chi connectivity index (χ4v) is 5.18. The summed E-state index contributed by atoms with van der Waals surface area (Å²) in [6.45, 7) is 8.37.